The first kappa shape index (κ1) is 14.4. The van der Waals surface area contributed by atoms with Crippen LogP contribution in [-0.4, -0.2) is 10.9 Å². The van der Waals surface area contributed by atoms with Crippen molar-refractivity contribution in [2.24, 2.45) is 0 Å². The molecule has 2 heterocycles. The largest absolute Gasteiger partial charge is 0.357 e. The van der Waals surface area contributed by atoms with Crippen molar-refractivity contribution in [1.82, 2.24) is 4.98 Å². The van der Waals surface area contributed by atoms with Crippen molar-refractivity contribution in [2.45, 2.75) is 6.17 Å². The van der Waals surface area contributed by atoms with Gasteiger partial charge in [-0.25, -0.2) is 4.39 Å². The lowest BCUT2D eigenvalue weighted by Crippen LogP contribution is -2.32. The molecule has 3 aromatic rings. The zero-order valence-electron chi connectivity index (χ0n) is 12.7. The van der Waals surface area contributed by atoms with Gasteiger partial charge in [0, 0.05) is 11.9 Å². The highest BCUT2D eigenvalue weighted by atomic mass is 19.1. The van der Waals surface area contributed by atoms with E-state index in [9.17, 15) is 9.18 Å². The van der Waals surface area contributed by atoms with Crippen LogP contribution < -0.4 is 10.2 Å². The number of nitrogens with zero attached hydrogens (tertiary/aromatic N) is 2. The number of benzene rings is 2. The van der Waals surface area contributed by atoms with Gasteiger partial charge in [0.15, 0.2) is 6.17 Å². The summed E-state index contributed by atoms with van der Waals surface area (Å²) in [6, 6.07) is 19.2. The van der Waals surface area contributed by atoms with E-state index < -0.39 is 6.17 Å². The van der Waals surface area contributed by atoms with Crippen molar-refractivity contribution >= 4 is 17.3 Å². The molecular weight excluding hydrogens is 305 g/mol. The zero-order valence-corrected chi connectivity index (χ0v) is 12.7. The molecule has 118 valence electrons. The number of rotatable bonds is 3. The zero-order chi connectivity index (χ0) is 16.5. The number of para-hydroxylation sites is 2. The van der Waals surface area contributed by atoms with Gasteiger partial charge in [0.25, 0.3) is 5.91 Å². The standard InChI is InChI=1S/C19H14FN3O/c20-15-10-4-5-11-16(15)22-18-17-14(9-6-12-21-17)19(24)23(18)13-7-2-1-3-8-13/h1-12,18,22H. The molecule has 4 rings (SSSR count). The van der Waals surface area contributed by atoms with Crippen LogP contribution in [0.15, 0.2) is 72.9 Å². The van der Waals surface area contributed by atoms with Crippen LogP contribution in [0.25, 0.3) is 0 Å². The van der Waals surface area contributed by atoms with Gasteiger partial charge < -0.3 is 5.32 Å². The molecule has 1 aliphatic heterocycles. The first-order valence-corrected chi connectivity index (χ1v) is 7.60. The van der Waals surface area contributed by atoms with E-state index >= 15 is 0 Å². The maximum absolute atomic E-state index is 14.1. The summed E-state index contributed by atoms with van der Waals surface area (Å²) in [7, 11) is 0. The van der Waals surface area contributed by atoms with E-state index in [0.717, 1.165) is 5.69 Å². The third kappa shape index (κ3) is 2.31. The summed E-state index contributed by atoms with van der Waals surface area (Å²) in [6.07, 6.45) is 1.07. The molecule has 1 aromatic heterocycles. The molecule has 0 spiro atoms. The summed E-state index contributed by atoms with van der Waals surface area (Å²) in [5.41, 5.74) is 2.17. The molecule has 4 nitrogen and oxygen atoms in total. The molecule has 24 heavy (non-hydrogen) atoms. The van der Waals surface area contributed by atoms with Gasteiger partial charge >= 0.3 is 0 Å². The lowest BCUT2D eigenvalue weighted by Gasteiger charge is -2.26. The Kier molecular flexibility index (Phi) is 3.46. The summed E-state index contributed by atoms with van der Waals surface area (Å²) >= 11 is 0. The first-order valence-electron chi connectivity index (χ1n) is 7.60. The van der Waals surface area contributed by atoms with Gasteiger partial charge in [0.2, 0.25) is 0 Å². The lowest BCUT2D eigenvalue weighted by molar-refractivity contribution is 0.0993. The van der Waals surface area contributed by atoms with Crippen molar-refractivity contribution in [1.29, 1.82) is 0 Å². The highest BCUT2D eigenvalue weighted by Gasteiger charge is 2.39. The van der Waals surface area contributed by atoms with Crippen LogP contribution in [0.5, 0.6) is 0 Å². The highest BCUT2D eigenvalue weighted by molar-refractivity contribution is 6.11. The number of halogens is 1. The van der Waals surface area contributed by atoms with E-state index in [1.807, 2.05) is 30.3 Å². The Balaban J connectivity index is 1.81. The number of hydrogen-bond acceptors (Lipinski definition) is 3. The third-order valence-electron chi connectivity index (χ3n) is 4.01. The fourth-order valence-electron chi connectivity index (χ4n) is 2.90. The van der Waals surface area contributed by atoms with Crippen LogP contribution in [0.2, 0.25) is 0 Å². The number of nitrogens with one attached hydrogen (secondary N) is 1. The first-order chi connectivity index (χ1) is 11.8. The van der Waals surface area contributed by atoms with Crippen LogP contribution in [0, 0.1) is 5.82 Å². The van der Waals surface area contributed by atoms with Crippen LogP contribution in [-0.2, 0) is 0 Å². The number of amides is 1. The number of fused-ring (bicyclic) bond motifs is 1. The Morgan fingerprint density at radius 1 is 0.958 bits per heavy atom. The van der Waals surface area contributed by atoms with E-state index in [1.54, 1.807) is 41.4 Å². The SMILES string of the molecule is O=C1c2cccnc2C(Nc2ccccc2F)N1c1ccccc1. The van der Waals surface area contributed by atoms with Crippen LogP contribution in [0.1, 0.15) is 22.2 Å². The summed E-state index contributed by atoms with van der Waals surface area (Å²) in [6.45, 7) is 0. The molecule has 1 atom stereocenters. The van der Waals surface area contributed by atoms with Gasteiger partial charge in [0.1, 0.15) is 5.82 Å². The van der Waals surface area contributed by atoms with Crippen LogP contribution >= 0.6 is 0 Å². The second-order valence-electron chi connectivity index (χ2n) is 5.47. The molecule has 2 aromatic carbocycles. The highest BCUT2D eigenvalue weighted by Crippen LogP contribution is 2.37. The topological polar surface area (TPSA) is 45.2 Å². The molecular formula is C19H14FN3O. The molecule has 1 unspecified atom stereocenters. The quantitative estimate of drug-likeness (QED) is 0.794. The smallest absolute Gasteiger partial charge is 0.262 e. The maximum Gasteiger partial charge on any atom is 0.262 e. The third-order valence-corrected chi connectivity index (χ3v) is 4.01. The summed E-state index contributed by atoms with van der Waals surface area (Å²) < 4.78 is 14.1. The molecule has 0 fully saturated rings. The van der Waals surface area contributed by atoms with Gasteiger partial charge in [-0.15, -0.1) is 0 Å². The van der Waals surface area contributed by atoms with Gasteiger partial charge in [-0.1, -0.05) is 30.3 Å². The minimum atomic E-state index is -0.562. The van der Waals surface area contributed by atoms with Crippen molar-refractivity contribution < 1.29 is 9.18 Å². The minimum absolute atomic E-state index is 0.155. The second kappa shape index (κ2) is 5.77. The van der Waals surface area contributed by atoms with Crippen LogP contribution in [0.3, 0.4) is 0 Å². The molecule has 1 N–H and O–H groups in total. The number of carbonyl (C=O) groups is 1. The monoisotopic (exact) mass is 319 g/mol. The van der Waals surface area contributed by atoms with E-state index in [1.165, 1.54) is 6.07 Å². The summed E-state index contributed by atoms with van der Waals surface area (Å²) in [5.74, 6) is -0.527. The second-order valence-corrected chi connectivity index (χ2v) is 5.47. The van der Waals surface area contributed by atoms with Crippen LogP contribution in [0.4, 0.5) is 15.8 Å². The average Bonchev–Trinajstić information content (AvgIpc) is 2.90. The Labute approximate surface area is 138 Å². The van der Waals surface area contributed by atoms with Gasteiger partial charge in [-0.3, -0.25) is 14.7 Å². The van der Waals surface area contributed by atoms with Crippen molar-refractivity contribution in [3.8, 4) is 0 Å². The van der Waals surface area contributed by atoms with E-state index in [4.69, 9.17) is 0 Å². The van der Waals surface area contributed by atoms with Gasteiger partial charge in [-0.05, 0) is 36.4 Å². The minimum Gasteiger partial charge on any atom is -0.357 e. The molecule has 0 radical (unpaired) electrons. The normalized spacial score (nSPS) is 16.1. The average molecular weight is 319 g/mol. The fourth-order valence-corrected chi connectivity index (χ4v) is 2.90. The number of carbonyl (C=O) groups excluding carboxylic acids is 1. The number of anilines is 2. The molecule has 1 aliphatic rings. The Hall–Kier alpha value is -3.21. The Bertz CT molecular complexity index is 898. The van der Waals surface area contributed by atoms with Crippen molar-refractivity contribution in [3.05, 3.63) is 90.0 Å². The van der Waals surface area contributed by atoms with E-state index in [0.29, 0.717) is 16.9 Å². The maximum atomic E-state index is 14.1. The molecule has 0 saturated carbocycles. The summed E-state index contributed by atoms with van der Waals surface area (Å²) in [5, 5.41) is 3.11. The molecule has 0 saturated heterocycles. The Morgan fingerprint density at radius 3 is 2.50 bits per heavy atom. The lowest BCUT2D eigenvalue weighted by atomic mass is 10.2. The predicted molar refractivity (Wildman–Crippen MR) is 90.3 cm³/mol. The molecule has 1 amide bonds. The van der Waals surface area contributed by atoms with Gasteiger partial charge in [0.05, 0.1) is 16.9 Å². The number of aromatic nitrogens is 1. The van der Waals surface area contributed by atoms with E-state index in [2.05, 4.69) is 10.3 Å². The number of hydrogen-bond donors (Lipinski definition) is 1. The molecule has 0 bridgehead atoms. The van der Waals surface area contributed by atoms with Crippen molar-refractivity contribution in [3.63, 3.8) is 0 Å². The molecule has 0 aliphatic carbocycles. The number of pyridine rings is 1. The molecule has 5 heteroatoms. The predicted octanol–water partition coefficient (Wildman–Crippen LogP) is 3.99. The van der Waals surface area contributed by atoms with Crippen molar-refractivity contribution in [2.75, 3.05) is 10.2 Å². The summed E-state index contributed by atoms with van der Waals surface area (Å²) in [4.78, 5) is 18.8. The fraction of sp³-hybridized carbons (Fsp3) is 0.0526. The Morgan fingerprint density at radius 2 is 1.71 bits per heavy atom. The van der Waals surface area contributed by atoms with Gasteiger partial charge in [-0.2, -0.15) is 0 Å². The van der Waals surface area contributed by atoms with E-state index in [-0.39, 0.29) is 11.7 Å².